The molecule has 1 atom stereocenters. The van der Waals surface area contributed by atoms with Crippen LogP contribution in [-0.2, 0) is 6.42 Å². The second kappa shape index (κ2) is 3.86. The summed E-state index contributed by atoms with van der Waals surface area (Å²) in [6, 6.07) is 9.17. The summed E-state index contributed by atoms with van der Waals surface area (Å²) < 4.78 is 0. The van der Waals surface area contributed by atoms with Gasteiger partial charge in [0.1, 0.15) is 0 Å². The second-order valence-electron chi connectivity index (χ2n) is 5.04. The van der Waals surface area contributed by atoms with Gasteiger partial charge < -0.3 is 10.6 Å². The molecule has 82 valence electrons. The molecule has 0 radical (unpaired) electrons. The lowest BCUT2D eigenvalue weighted by Gasteiger charge is -2.27. The summed E-state index contributed by atoms with van der Waals surface area (Å²) in [6.07, 6.45) is 2.31. The van der Waals surface area contributed by atoms with E-state index < -0.39 is 0 Å². The molecule has 1 unspecified atom stereocenters. The van der Waals surface area contributed by atoms with E-state index in [2.05, 4.69) is 48.7 Å². The van der Waals surface area contributed by atoms with Crippen LogP contribution in [0.5, 0.6) is 0 Å². The van der Waals surface area contributed by atoms with Crippen molar-refractivity contribution in [3.63, 3.8) is 0 Å². The van der Waals surface area contributed by atoms with Crippen LogP contribution in [-0.4, -0.2) is 18.6 Å². The number of nitrogens with one attached hydrogen (secondary N) is 2. The molecule has 0 saturated carbocycles. The Kier molecular flexibility index (Phi) is 2.70. The Balaban J connectivity index is 2.02. The Morgan fingerprint density at radius 1 is 1.40 bits per heavy atom. The summed E-state index contributed by atoms with van der Waals surface area (Å²) in [4.78, 5) is 0. The molecule has 1 aromatic carbocycles. The smallest absolute Gasteiger partial charge is 0.0375 e. The van der Waals surface area contributed by atoms with Gasteiger partial charge in [-0.25, -0.2) is 0 Å². The van der Waals surface area contributed by atoms with E-state index in [0.717, 1.165) is 12.8 Å². The highest BCUT2D eigenvalue weighted by atomic mass is 15.0. The van der Waals surface area contributed by atoms with Gasteiger partial charge >= 0.3 is 0 Å². The van der Waals surface area contributed by atoms with Crippen molar-refractivity contribution in [2.24, 2.45) is 0 Å². The van der Waals surface area contributed by atoms with Crippen LogP contribution in [0, 0.1) is 0 Å². The van der Waals surface area contributed by atoms with Gasteiger partial charge in [0.2, 0.25) is 0 Å². The highest BCUT2D eigenvalue weighted by Crippen LogP contribution is 2.28. The van der Waals surface area contributed by atoms with Gasteiger partial charge in [0, 0.05) is 17.3 Å². The molecule has 1 aliphatic heterocycles. The Labute approximate surface area is 92.1 Å². The predicted molar refractivity (Wildman–Crippen MR) is 65.3 cm³/mol. The summed E-state index contributed by atoms with van der Waals surface area (Å²) >= 11 is 0. The Morgan fingerprint density at radius 3 is 2.80 bits per heavy atom. The molecule has 0 aromatic heterocycles. The van der Waals surface area contributed by atoms with Crippen LogP contribution < -0.4 is 10.6 Å². The average Bonchev–Trinajstić information content (AvgIpc) is 2.58. The maximum absolute atomic E-state index is 3.58. The zero-order chi connectivity index (χ0) is 10.9. The molecule has 2 N–H and O–H groups in total. The third-order valence-electron chi connectivity index (χ3n) is 3.28. The summed E-state index contributed by atoms with van der Waals surface area (Å²) in [6.45, 7) is 4.50. The molecule has 0 saturated heterocycles. The number of para-hydroxylation sites is 1. The van der Waals surface area contributed by atoms with Crippen molar-refractivity contribution < 1.29 is 0 Å². The van der Waals surface area contributed by atoms with Crippen LogP contribution in [0.15, 0.2) is 24.3 Å². The first-order chi connectivity index (χ1) is 7.11. The van der Waals surface area contributed by atoms with Crippen molar-refractivity contribution in [1.82, 2.24) is 5.32 Å². The highest BCUT2D eigenvalue weighted by molar-refractivity contribution is 5.56. The van der Waals surface area contributed by atoms with Gasteiger partial charge in [0.15, 0.2) is 0 Å². The van der Waals surface area contributed by atoms with E-state index in [-0.39, 0.29) is 5.54 Å². The largest absolute Gasteiger partial charge is 0.382 e. The van der Waals surface area contributed by atoms with E-state index >= 15 is 0 Å². The van der Waals surface area contributed by atoms with E-state index in [0.29, 0.717) is 6.04 Å². The zero-order valence-corrected chi connectivity index (χ0v) is 9.80. The van der Waals surface area contributed by atoms with Crippen LogP contribution in [0.4, 0.5) is 5.69 Å². The SMILES string of the molecule is CNC(C)(C)CC1Cc2ccccc2N1. The van der Waals surface area contributed by atoms with E-state index in [4.69, 9.17) is 0 Å². The van der Waals surface area contributed by atoms with Crippen molar-refractivity contribution in [2.75, 3.05) is 12.4 Å². The average molecular weight is 204 g/mol. The van der Waals surface area contributed by atoms with Crippen LogP contribution in [0.1, 0.15) is 25.8 Å². The molecule has 1 heterocycles. The molecule has 2 heteroatoms. The highest BCUT2D eigenvalue weighted by Gasteiger charge is 2.26. The molecule has 0 bridgehead atoms. The molecule has 0 aliphatic carbocycles. The monoisotopic (exact) mass is 204 g/mol. The molecule has 1 aromatic rings. The van der Waals surface area contributed by atoms with Gasteiger partial charge in [-0.05, 0) is 45.4 Å². The lowest BCUT2D eigenvalue weighted by molar-refractivity contribution is 0.370. The van der Waals surface area contributed by atoms with Crippen LogP contribution in [0.25, 0.3) is 0 Å². The fourth-order valence-corrected chi connectivity index (χ4v) is 2.22. The Hall–Kier alpha value is -1.02. The first kappa shape index (κ1) is 10.5. The molecule has 0 spiro atoms. The van der Waals surface area contributed by atoms with Crippen molar-refractivity contribution in [3.05, 3.63) is 29.8 Å². The van der Waals surface area contributed by atoms with Gasteiger partial charge in [0.25, 0.3) is 0 Å². The number of anilines is 1. The number of hydrogen-bond donors (Lipinski definition) is 2. The third kappa shape index (κ3) is 2.32. The Morgan fingerprint density at radius 2 is 2.13 bits per heavy atom. The molecule has 15 heavy (non-hydrogen) atoms. The van der Waals surface area contributed by atoms with Crippen LogP contribution in [0.3, 0.4) is 0 Å². The normalized spacial score (nSPS) is 19.8. The molecular formula is C13H20N2. The molecule has 0 fully saturated rings. The van der Waals surface area contributed by atoms with Crippen molar-refractivity contribution >= 4 is 5.69 Å². The van der Waals surface area contributed by atoms with E-state index in [1.165, 1.54) is 11.3 Å². The molecule has 2 nitrogen and oxygen atoms in total. The third-order valence-corrected chi connectivity index (χ3v) is 3.28. The molecule has 1 aliphatic rings. The topological polar surface area (TPSA) is 24.1 Å². The van der Waals surface area contributed by atoms with Crippen LogP contribution in [0.2, 0.25) is 0 Å². The summed E-state index contributed by atoms with van der Waals surface area (Å²) in [5.41, 5.74) is 2.98. The van der Waals surface area contributed by atoms with Gasteiger partial charge in [-0.2, -0.15) is 0 Å². The predicted octanol–water partition coefficient (Wildman–Crippen LogP) is 2.41. The fraction of sp³-hybridized carbons (Fsp3) is 0.538. The quantitative estimate of drug-likeness (QED) is 0.790. The summed E-state index contributed by atoms with van der Waals surface area (Å²) in [5, 5.41) is 6.94. The van der Waals surface area contributed by atoms with Gasteiger partial charge in [-0.3, -0.25) is 0 Å². The molecular weight excluding hydrogens is 184 g/mol. The molecule has 0 amide bonds. The van der Waals surface area contributed by atoms with Gasteiger partial charge in [-0.15, -0.1) is 0 Å². The number of fused-ring (bicyclic) bond motifs is 1. The van der Waals surface area contributed by atoms with Crippen molar-refractivity contribution in [1.29, 1.82) is 0 Å². The molecule has 2 rings (SSSR count). The van der Waals surface area contributed by atoms with E-state index in [1.807, 2.05) is 7.05 Å². The number of rotatable bonds is 3. The maximum atomic E-state index is 3.58. The van der Waals surface area contributed by atoms with E-state index in [1.54, 1.807) is 0 Å². The maximum Gasteiger partial charge on any atom is 0.0375 e. The summed E-state index contributed by atoms with van der Waals surface area (Å²) in [7, 11) is 2.03. The van der Waals surface area contributed by atoms with Crippen molar-refractivity contribution in [3.8, 4) is 0 Å². The standard InChI is InChI=1S/C13H20N2/c1-13(2,14-3)9-11-8-10-6-4-5-7-12(10)15-11/h4-7,11,14-15H,8-9H2,1-3H3. The second-order valence-corrected chi connectivity index (χ2v) is 5.04. The van der Waals surface area contributed by atoms with Gasteiger partial charge in [-0.1, -0.05) is 18.2 Å². The lowest BCUT2D eigenvalue weighted by atomic mass is 9.94. The minimum atomic E-state index is 0.208. The Bertz CT molecular complexity index is 319. The van der Waals surface area contributed by atoms with Crippen LogP contribution >= 0.6 is 0 Å². The zero-order valence-electron chi connectivity index (χ0n) is 9.80. The first-order valence-corrected chi connectivity index (χ1v) is 5.64. The van der Waals surface area contributed by atoms with E-state index in [9.17, 15) is 0 Å². The van der Waals surface area contributed by atoms with Gasteiger partial charge in [0.05, 0.1) is 0 Å². The fourth-order valence-electron chi connectivity index (χ4n) is 2.22. The minimum absolute atomic E-state index is 0.208. The van der Waals surface area contributed by atoms with Crippen molar-refractivity contribution in [2.45, 2.75) is 38.3 Å². The lowest BCUT2D eigenvalue weighted by Crippen LogP contribution is -2.41. The minimum Gasteiger partial charge on any atom is -0.382 e. The number of hydrogen-bond acceptors (Lipinski definition) is 2. The summed E-state index contributed by atoms with van der Waals surface area (Å²) in [5.74, 6) is 0. The first-order valence-electron chi connectivity index (χ1n) is 5.64. The number of benzene rings is 1.